The van der Waals surface area contributed by atoms with Crippen LogP contribution in [0.25, 0.3) is 11.4 Å². The zero-order chi connectivity index (χ0) is 22.2. The zero-order valence-electron chi connectivity index (χ0n) is 17.3. The SMILES string of the molecule is C=CCn1c(SCC(=O)Nc2ccc(OCC)cc2)nnc1-c1cc(Cl)ccc1OC. The first-order valence-corrected chi connectivity index (χ1v) is 11.0. The number of nitrogens with zero attached hydrogens (tertiary/aromatic N) is 3. The van der Waals surface area contributed by atoms with Gasteiger partial charge in [-0.15, -0.1) is 16.8 Å². The number of ether oxygens (including phenoxy) is 2. The van der Waals surface area contributed by atoms with Crippen molar-refractivity contribution in [2.24, 2.45) is 0 Å². The first-order valence-electron chi connectivity index (χ1n) is 9.59. The van der Waals surface area contributed by atoms with Crippen molar-refractivity contribution in [3.8, 4) is 22.9 Å². The molecule has 2 aromatic carbocycles. The zero-order valence-corrected chi connectivity index (χ0v) is 18.9. The summed E-state index contributed by atoms with van der Waals surface area (Å²) in [7, 11) is 1.59. The summed E-state index contributed by atoms with van der Waals surface area (Å²) >= 11 is 7.46. The summed E-state index contributed by atoms with van der Waals surface area (Å²) < 4.78 is 12.7. The van der Waals surface area contributed by atoms with Crippen molar-refractivity contribution in [1.29, 1.82) is 0 Å². The summed E-state index contributed by atoms with van der Waals surface area (Å²) in [6.07, 6.45) is 1.74. The van der Waals surface area contributed by atoms with Crippen LogP contribution in [0.2, 0.25) is 5.02 Å². The highest BCUT2D eigenvalue weighted by atomic mass is 35.5. The Balaban J connectivity index is 1.73. The normalized spacial score (nSPS) is 10.5. The molecule has 0 spiro atoms. The van der Waals surface area contributed by atoms with Crippen molar-refractivity contribution in [1.82, 2.24) is 14.8 Å². The molecule has 0 bridgehead atoms. The predicted octanol–water partition coefficient (Wildman–Crippen LogP) is 4.92. The minimum atomic E-state index is -0.149. The first-order chi connectivity index (χ1) is 15.0. The van der Waals surface area contributed by atoms with E-state index in [0.29, 0.717) is 40.6 Å². The van der Waals surface area contributed by atoms with E-state index in [1.165, 1.54) is 11.8 Å². The van der Waals surface area contributed by atoms with Gasteiger partial charge in [-0.3, -0.25) is 9.36 Å². The number of aromatic nitrogens is 3. The van der Waals surface area contributed by atoms with Gasteiger partial charge < -0.3 is 14.8 Å². The van der Waals surface area contributed by atoms with Crippen molar-refractivity contribution in [2.45, 2.75) is 18.6 Å². The number of methoxy groups -OCH3 is 1. The minimum absolute atomic E-state index is 0.149. The van der Waals surface area contributed by atoms with E-state index in [4.69, 9.17) is 21.1 Å². The molecule has 31 heavy (non-hydrogen) atoms. The first kappa shape index (κ1) is 22.7. The number of amides is 1. The molecule has 1 amide bonds. The van der Waals surface area contributed by atoms with Crippen LogP contribution in [0.4, 0.5) is 5.69 Å². The molecule has 0 fully saturated rings. The van der Waals surface area contributed by atoms with Gasteiger partial charge >= 0.3 is 0 Å². The molecule has 0 radical (unpaired) electrons. The van der Waals surface area contributed by atoms with Gasteiger partial charge in [-0.05, 0) is 49.4 Å². The summed E-state index contributed by atoms with van der Waals surface area (Å²) in [5.41, 5.74) is 1.42. The number of hydrogen-bond donors (Lipinski definition) is 1. The van der Waals surface area contributed by atoms with Gasteiger partial charge in [0.25, 0.3) is 0 Å². The summed E-state index contributed by atoms with van der Waals surface area (Å²) in [6.45, 7) is 6.80. The topological polar surface area (TPSA) is 78.3 Å². The van der Waals surface area contributed by atoms with Crippen molar-refractivity contribution < 1.29 is 14.3 Å². The second-order valence-electron chi connectivity index (χ2n) is 6.34. The van der Waals surface area contributed by atoms with E-state index in [1.54, 1.807) is 43.5 Å². The Hall–Kier alpha value is -2.97. The fourth-order valence-corrected chi connectivity index (χ4v) is 3.79. The van der Waals surface area contributed by atoms with Crippen molar-refractivity contribution in [3.05, 3.63) is 60.1 Å². The molecule has 0 saturated carbocycles. The van der Waals surface area contributed by atoms with Gasteiger partial charge in [-0.1, -0.05) is 29.4 Å². The monoisotopic (exact) mass is 458 g/mol. The summed E-state index contributed by atoms with van der Waals surface area (Å²) in [4.78, 5) is 12.4. The Morgan fingerprint density at radius 2 is 2.03 bits per heavy atom. The molecule has 0 atom stereocenters. The van der Waals surface area contributed by atoms with Gasteiger partial charge in [0.1, 0.15) is 11.5 Å². The van der Waals surface area contributed by atoms with E-state index < -0.39 is 0 Å². The third kappa shape index (κ3) is 5.80. The molecule has 9 heteroatoms. The molecule has 1 N–H and O–H groups in total. The molecule has 1 aromatic heterocycles. The van der Waals surface area contributed by atoms with Crippen LogP contribution < -0.4 is 14.8 Å². The van der Waals surface area contributed by atoms with E-state index in [1.807, 2.05) is 23.6 Å². The largest absolute Gasteiger partial charge is 0.496 e. The highest BCUT2D eigenvalue weighted by molar-refractivity contribution is 7.99. The molecular formula is C22H23ClN4O3S. The number of benzene rings is 2. The fraction of sp³-hybridized carbons (Fsp3) is 0.227. The number of anilines is 1. The third-order valence-corrected chi connectivity index (χ3v) is 5.41. The maximum Gasteiger partial charge on any atom is 0.234 e. The number of allylic oxidation sites excluding steroid dienone is 1. The predicted molar refractivity (Wildman–Crippen MR) is 124 cm³/mol. The number of nitrogens with one attached hydrogen (secondary N) is 1. The maximum absolute atomic E-state index is 12.4. The summed E-state index contributed by atoms with van der Waals surface area (Å²) in [5, 5.41) is 12.6. The Morgan fingerprint density at radius 1 is 1.26 bits per heavy atom. The second-order valence-corrected chi connectivity index (χ2v) is 7.72. The Kier molecular flexibility index (Phi) is 7.97. The van der Waals surface area contributed by atoms with Gasteiger partial charge in [-0.2, -0.15) is 0 Å². The molecule has 7 nitrogen and oxygen atoms in total. The average molecular weight is 459 g/mol. The van der Waals surface area contributed by atoms with Crippen LogP contribution in [0.3, 0.4) is 0 Å². The van der Waals surface area contributed by atoms with Crippen molar-refractivity contribution in [3.63, 3.8) is 0 Å². The number of carbonyl (C=O) groups excluding carboxylic acids is 1. The Morgan fingerprint density at radius 3 is 2.71 bits per heavy atom. The van der Waals surface area contributed by atoms with Crippen LogP contribution in [0.1, 0.15) is 6.92 Å². The van der Waals surface area contributed by atoms with Gasteiger partial charge in [0, 0.05) is 17.3 Å². The van der Waals surface area contributed by atoms with Gasteiger partial charge in [0.05, 0.1) is 25.0 Å². The molecule has 0 aliphatic rings. The van der Waals surface area contributed by atoms with E-state index in [0.717, 1.165) is 11.3 Å². The van der Waals surface area contributed by atoms with E-state index in [9.17, 15) is 4.79 Å². The highest BCUT2D eigenvalue weighted by Crippen LogP contribution is 2.33. The lowest BCUT2D eigenvalue weighted by Gasteiger charge is -2.11. The smallest absolute Gasteiger partial charge is 0.234 e. The molecule has 3 rings (SSSR count). The van der Waals surface area contributed by atoms with E-state index in [-0.39, 0.29) is 11.7 Å². The van der Waals surface area contributed by atoms with E-state index >= 15 is 0 Å². The van der Waals surface area contributed by atoms with E-state index in [2.05, 4.69) is 22.1 Å². The molecule has 0 aliphatic heterocycles. The standard InChI is InChI=1S/C22H23ClN4O3S/c1-4-12-27-21(18-13-15(23)6-11-19(18)29-3)25-26-22(27)31-14-20(28)24-16-7-9-17(10-8-16)30-5-2/h4,6-11,13H,1,5,12,14H2,2-3H3,(H,24,28). The number of carbonyl (C=O) groups is 1. The van der Waals surface area contributed by atoms with Crippen LogP contribution in [-0.2, 0) is 11.3 Å². The molecule has 3 aromatic rings. The third-order valence-electron chi connectivity index (χ3n) is 4.21. The second kappa shape index (κ2) is 10.9. The maximum atomic E-state index is 12.4. The molecular weight excluding hydrogens is 436 g/mol. The van der Waals surface area contributed by atoms with Gasteiger partial charge in [-0.25, -0.2) is 0 Å². The number of halogens is 1. The molecule has 0 aliphatic carbocycles. The molecule has 0 saturated heterocycles. The van der Waals surface area contributed by atoms with Gasteiger partial charge in [0.15, 0.2) is 11.0 Å². The lowest BCUT2D eigenvalue weighted by molar-refractivity contribution is -0.113. The molecule has 1 heterocycles. The van der Waals surface area contributed by atoms with Gasteiger partial charge in [0.2, 0.25) is 5.91 Å². The van der Waals surface area contributed by atoms with Crippen molar-refractivity contribution in [2.75, 3.05) is 24.8 Å². The van der Waals surface area contributed by atoms with Crippen molar-refractivity contribution >= 4 is 35.0 Å². The van der Waals surface area contributed by atoms with Crippen LogP contribution in [0.15, 0.2) is 60.3 Å². The number of hydrogen-bond acceptors (Lipinski definition) is 6. The minimum Gasteiger partial charge on any atom is -0.496 e. The Labute approximate surface area is 190 Å². The quantitative estimate of drug-likeness (QED) is 0.343. The molecule has 162 valence electrons. The number of rotatable bonds is 10. The van der Waals surface area contributed by atoms with Crippen LogP contribution in [0.5, 0.6) is 11.5 Å². The fourth-order valence-electron chi connectivity index (χ4n) is 2.87. The Bertz CT molecular complexity index is 1050. The van der Waals surface area contributed by atoms with Crippen LogP contribution in [0, 0.1) is 0 Å². The lowest BCUT2D eigenvalue weighted by Crippen LogP contribution is -2.14. The summed E-state index contributed by atoms with van der Waals surface area (Å²) in [6, 6.07) is 12.5. The lowest BCUT2D eigenvalue weighted by atomic mass is 10.2. The van der Waals surface area contributed by atoms with Crippen LogP contribution >= 0.6 is 23.4 Å². The van der Waals surface area contributed by atoms with Crippen LogP contribution in [-0.4, -0.2) is 40.1 Å². The molecule has 0 unspecified atom stereocenters. The highest BCUT2D eigenvalue weighted by Gasteiger charge is 2.18. The summed E-state index contributed by atoms with van der Waals surface area (Å²) in [5.74, 6) is 2.01. The number of thioether (sulfide) groups is 1. The average Bonchev–Trinajstić information content (AvgIpc) is 3.16.